The summed E-state index contributed by atoms with van der Waals surface area (Å²) in [6, 6.07) is 7.31. The number of nitrogens with zero attached hydrogens (tertiary/aromatic N) is 1. The largest absolute Gasteiger partial charge is 0.422 e. The van der Waals surface area contributed by atoms with Gasteiger partial charge in [-0.15, -0.1) is 0 Å². The van der Waals surface area contributed by atoms with Gasteiger partial charge in [-0.1, -0.05) is 0 Å². The molecule has 0 bridgehead atoms. The van der Waals surface area contributed by atoms with Crippen LogP contribution in [0.4, 0.5) is 5.69 Å². The van der Waals surface area contributed by atoms with E-state index in [-0.39, 0.29) is 24.4 Å². The molecule has 0 amide bonds. The molecule has 0 atom stereocenters. The van der Waals surface area contributed by atoms with Gasteiger partial charge in [0.05, 0.1) is 92.5 Å². The number of fused-ring (bicyclic) bond motifs is 1. The molecule has 2 aromatic rings. The Bertz CT molecular complexity index is 1060. The van der Waals surface area contributed by atoms with Crippen molar-refractivity contribution in [1.29, 1.82) is 0 Å². The molecule has 0 fully saturated rings. The van der Waals surface area contributed by atoms with Crippen molar-refractivity contribution < 1.29 is 47.5 Å². The number of ether oxygens (including phenoxy) is 7. The highest BCUT2D eigenvalue weighted by atomic mass is 16.6. The number of hydrogen-bond donors (Lipinski definition) is 1. The minimum absolute atomic E-state index is 0.0163. The zero-order valence-electron chi connectivity index (χ0n) is 25.7. The monoisotopic (exact) mass is 611 g/mol. The number of rotatable bonds is 28. The SMILES string of the molecule is CCN(CC)c1ccc2cc(C(=O)CCCOCCOCCOCCOCCOCCOCCOCCO)c(=O)oc2c1. The molecule has 2 rings (SSSR count). The summed E-state index contributed by atoms with van der Waals surface area (Å²) >= 11 is 0. The van der Waals surface area contributed by atoms with Crippen molar-refractivity contribution in [1.82, 2.24) is 0 Å². The highest BCUT2D eigenvalue weighted by Crippen LogP contribution is 2.22. The molecule has 1 aromatic carbocycles. The average molecular weight is 612 g/mol. The quantitative estimate of drug-likeness (QED) is 0.0861. The van der Waals surface area contributed by atoms with Crippen molar-refractivity contribution in [2.75, 3.05) is 117 Å². The molecule has 244 valence electrons. The summed E-state index contributed by atoms with van der Waals surface area (Å²) < 4.78 is 43.2. The molecule has 1 N–H and O–H groups in total. The van der Waals surface area contributed by atoms with Crippen LogP contribution < -0.4 is 10.5 Å². The van der Waals surface area contributed by atoms with E-state index in [0.29, 0.717) is 105 Å². The third kappa shape index (κ3) is 15.7. The first-order chi connectivity index (χ1) is 21.1. The Kier molecular flexibility index (Phi) is 20.5. The van der Waals surface area contributed by atoms with Crippen LogP contribution >= 0.6 is 0 Å². The van der Waals surface area contributed by atoms with Gasteiger partial charge in [0.15, 0.2) is 5.78 Å². The van der Waals surface area contributed by atoms with Crippen molar-refractivity contribution in [2.45, 2.75) is 26.7 Å². The van der Waals surface area contributed by atoms with E-state index in [9.17, 15) is 9.59 Å². The Morgan fingerprint density at radius 1 is 0.698 bits per heavy atom. The Hall–Kier alpha value is -2.42. The van der Waals surface area contributed by atoms with Gasteiger partial charge >= 0.3 is 5.63 Å². The van der Waals surface area contributed by atoms with Crippen LogP contribution in [0.15, 0.2) is 33.5 Å². The van der Waals surface area contributed by atoms with E-state index in [4.69, 9.17) is 42.7 Å². The van der Waals surface area contributed by atoms with Gasteiger partial charge in [0.25, 0.3) is 0 Å². The van der Waals surface area contributed by atoms with E-state index in [0.717, 1.165) is 24.2 Å². The van der Waals surface area contributed by atoms with Crippen molar-refractivity contribution >= 4 is 22.4 Å². The van der Waals surface area contributed by atoms with Gasteiger partial charge in [-0.2, -0.15) is 0 Å². The smallest absolute Gasteiger partial charge is 0.347 e. The fraction of sp³-hybridized carbons (Fsp3) is 0.677. The lowest BCUT2D eigenvalue weighted by molar-refractivity contribution is -0.0215. The Morgan fingerprint density at radius 3 is 1.63 bits per heavy atom. The predicted octanol–water partition coefficient (Wildman–Crippen LogP) is 2.71. The zero-order valence-corrected chi connectivity index (χ0v) is 25.7. The molecular formula is C31H49NO11. The van der Waals surface area contributed by atoms with E-state index in [1.165, 1.54) is 0 Å². The number of aliphatic hydroxyl groups excluding tert-OH is 1. The standard InChI is InChI=1S/C31H49NO11/c1-3-32(4-2)27-8-7-26-24-28(31(35)43-30(26)25-27)29(34)6-5-10-36-12-14-38-16-18-40-20-22-42-23-21-41-19-17-39-15-13-37-11-9-33/h7-8,24-25,33H,3-6,9-23H2,1-2H3. The number of aliphatic hydroxyl groups is 1. The van der Waals surface area contributed by atoms with Gasteiger partial charge in [-0.3, -0.25) is 4.79 Å². The summed E-state index contributed by atoms with van der Waals surface area (Å²) in [5, 5.41) is 9.31. The maximum Gasteiger partial charge on any atom is 0.347 e. The number of anilines is 1. The second-order valence-corrected chi connectivity index (χ2v) is 9.38. The molecule has 43 heavy (non-hydrogen) atoms. The highest BCUT2D eigenvalue weighted by Gasteiger charge is 2.14. The van der Waals surface area contributed by atoms with Gasteiger partial charge < -0.3 is 47.6 Å². The lowest BCUT2D eigenvalue weighted by Gasteiger charge is -2.20. The first kappa shape index (κ1) is 36.8. The Labute approximate surface area is 254 Å². The lowest BCUT2D eigenvalue weighted by Crippen LogP contribution is -2.21. The molecule has 0 aliphatic heterocycles. The maximum absolute atomic E-state index is 12.6. The minimum atomic E-state index is -0.609. The van der Waals surface area contributed by atoms with Crippen LogP contribution in [0.1, 0.15) is 37.0 Å². The predicted molar refractivity (Wildman–Crippen MR) is 162 cm³/mol. The van der Waals surface area contributed by atoms with Gasteiger partial charge in [0, 0.05) is 43.3 Å². The van der Waals surface area contributed by atoms with Crippen LogP contribution in [0.2, 0.25) is 0 Å². The van der Waals surface area contributed by atoms with E-state index in [1.807, 2.05) is 18.2 Å². The molecule has 1 heterocycles. The highest BCUT2D eigenvalue weighted by molar-refractivity contribution is 5.98. The Morgan fingerprint density at radius 2 is 1.16 bits per heavy atom. The normalized spacial score (nSPS) is 11.4. The minimum Gasteiger partial charge on any atom is -0.422 e. The number of Topliss-reactive ketones (excluding diaryl/α,β-unsaturated/α-hetero) is 1. The summed E-state index contributed by atoms with van der Waals surface area (Å²) in [6.45, 7) is 12.1. The van der Waals surface area contributed by atoms with Gasteiger partial charge in [0.2, 0.25) is 0 Å². The second-order valence-electron chi connectivity index (χ2n) is 9.38. The fourth-order valence-electron chi connectivity index (χ4n) is 4.04. The molecule has 0 saturated heterocycles. The number of ketones is 1. The van der Waals surface area contributed by atoms with Gasteiger partial charge in [-0.05, 0) is 38.5 Å². The second kappa shape index (κ2) is 24.0. The van der Waals surface area contributed by atoms with Crippen LogP contribution in [-0.4, -0.2) is 123 Å². The topological polar surface area (TPSA) is 135 Å². The molecule has 12 nitrogen and oxygen atoms in total. The summed E-state index contributed by atoms with van der Waals surface area (Å²) in [4.78, 5) is 27.2. The molecule has 0 aliphatic carbocycles. The molecular weight excluding hydrogens is 562 g/mol. The van der Waals surface area contributed by atoms with Crippen LogP contribution in [0, 0.1) is 0 Å². The first-order valence-electron chi connectivity index (χ1n) is 15.1. The van der Waals surface area contributed by atoms with Gasteiger partial charge in [-0.25, -0.2) is 4.79 Å². The van der Waals surface area contributed by atoms with Gasteiger partial charge in [0.1, 0.15) is 11.1 Å². The van der Waals surface area contributed by atoms with Crippen molar-refractivity contribution in [3.63, 3.8) is 0 Å². The molecule has 0 unspecified atom stereocenters. The molecule has 1 aromatic heterocycles. The summed E-state index contributed by atoms with van der Waals surface area (Å²) in [6.07, 6.45) is 0.703. The van der Waals surface area contributed by atoms with Crippen molar-refractivity contribution in [3.05, 3.63) is 40.2 Å². The maximum atomic E-state index is 12.6. The third-order valence-electron chi connectivity index (χ3n) is 6.31. The van der Waals surface area contributed by atoms with E-state index in [1.54, 1.807) is 6.07 Å². The lowest BCUT2D eigenvalue weighted by atomic mass is 10.1. The molecule has 0 radical (unpaired) electrons. The van der Waals surface area contributed by atoms with Crippen molar-refractivity contribution in [3.8, 4) is 0 Å². The third-order valence-corrected chi connectivity index (χ3v) is 6.31. The zero-order chi connectivity index (χ0) is 31.0. The molecule has 0 spiro atoms. The number of carbonyl (C=O) groups excluding carboxylic acids is 1. The molecule has 0 saturated carbocycles. The summed E-state index contributed by atoms with van der Waals surface area (Å²) in [5.74, 6) is -0.250. The van der Waals surface area contributed by atoms with Crippen LogP contribution in [0.3, 0.4) is 0 Å². The van der Waals surface area contributed by atoms with Crippen LogP contribution in [0.5, 0.6) is 0 Å². The number of hydrogen-bond acceptors (Lipinski definition) is 12. The Balaban J connectivity index is 1.41. The van der Waals surface area contributed by atoms with Crippen molar-refractivity contribution in [2.24, 2.45) is 0 Å². The first-order valence-corrected chi connectivity index (χ1v) is 15.1. The average Bonchev–Trinajstić information content (AvgIpc) is 3.01. The van der Waals surface area contributed by atoms with Crippen LogP contribution in [-0.2, 0) is 33.2 Å². The van der Waals surface area contributed by atoms with Crippen LogP contribution in [0.25, 0.3) is 11.0 Å². The summed E-state index contributed by atoms with van der Waals surface area (Å²) in [7, 11) is 0. The number of benzene rings is 1. The molecule has 12 heteroatoms. The van der Waals surface area contributed by atoms with E-state index >= 15 is 0 Å². The molecule has 0 aliphatic rings. The summed E-state index contributed by atoms with van der Waals surface area (Å²) in [5.41, 5.74) is 0.923. The number of carbonyl (C=O) groups is 1. The van der Waals surface area contributed by atoms with E-state index < -0.39 is 5.63 Å². The fourth-order valence-corrected chi connectivity index (χ4v) is 4.04. The van der Waals surface area contributed by atoms with E-state index in [2.05, 4.69) is 18.7 Å².